The molecule has 1 aliphatic heterocycles. The summed E-state index contributed by atoms with van der Waals surface area (Å²) in [5.41, 5.74) is 0. The fourth-order valence-corrected chi connectivity index (χ4v) is 2.09. The Morgan fingerprint density at radius 3 is 3.00 bits per heavy atom. The molecule has 0 amide bonds. The minimum absolute atomic E-state index is 0.497. The molecule has 1 unspecified atom stereocenters. The zero-order valence-corrected chi connectivity index (χ0v) is 9.93. The van der Waals surface area contributed by atoms with Crippen molar-refractivity contribution in [2.75, 3.05) is 19.8 Å². The molecule has 0 bridgehead atoms. The normalized spacial score (nSPS) is 19.8. The van der Waals surface area contributed by atoms with E-state index in [1.807, 2.05) is 18.7 Å². The molecule has 90 valence electrons. The van der Waals surface area contributed by atoms with Gasteiger partial charge in [-0.1, -0.05) is 0 Å². The van der Waals surface area contributed by atoms with Gasteiger partial charge in [0.1, 0.15) is 0 Å². The quantitative estimate of drug-likeness (QED) is 0.817. The predicted molar refractivity (Wildman–Crippen MR) is 63.2 cm³/mol. The van der Waals surface area contributed by atoms with Gasteiger partial charge in [-0.25, -0.2) is 4.98 Å². The highest BCUT2D eigenvalue weighted by Crippen LogP contribution is 2.13. The summed E-state index contributed by atoms with van der Waals surface area (Å²) in [6, 6.07) is 0.497. The van der Waals surface area contributed by atoms with Gasteiger partial charge in [-0.15, -0.1) is 0 Å². The molecule has 1 aromatic rings. The maximum atomic E-state index is 5.35. The van der Waals surface area contributed by atoms with Crippen LogP contribution in [0.15, 0.2) is 18.7 Å². The largest absolute Gasteiger partial charge is 0.381 e. The summed E-state index contributed by atoms with van der Waals surface area (Å²) in [4.78, 5) is 4.04. The average molecular weight is 223 g/mol. The lowest BCUT2D eigenvalue weighted by molar-refractivity contribution is 0.0654. The standard InChI is InChI=1S/C12H21N3O/c1-11(9-15-5-4-13-10-15)14-8-12-2-6-16-7-3-12/h4-5,10-12,14H,2-3,6-9H2,1H3. The Morgan fingerprint density at radius 2 is 2.31 bits per heavy atom. The highest BCUT2D eigenvalue weighted by Gasteiger charge is 2.14. The zero-order chi connectivity index (χ0) is 11.2. The second-order valence-electron chi connectivity index (χ2n) is 4.62. The van der Waals surface area contributed by atoms with Crippen molar-refractivity contribution in [1.82, 2.24) is 14.9 Å². The maximum absolute atomic E-state index is 5.35. The van der Waals surface area contributed by atoms with Crippen LogP contribution in [0.5, 0.6) is 0 Å². The second kappa shape index (κ2) is 6.01. The first kappa shape index (κ1) is 11.6. The molecule has 1 aliphatic rings. The van der Waals surface area contributed by atoms with Gasteiger partial charge in [0.25, 0.3) is 0 Å². The van der Waals surface area contributed by atoms with Crippen LogP contribution in [0.2, 0.25) is 0 Å². The number of hydrogen-bond acceptors (Lipinski definition) is 3. The fraction of sp³-hybridized carbons (Fsp3) is 0.750. The van der Waals surface area contributed by atoms with E-state index in [1.54, 1.807) is 0 Å². The number of hydrogen-bond donors (Lipinski definition) is 1. The minimum atomic E-state index is 0.497. The van der Waals surface area contributed by atoms with Crippen LogP contribution in [0.25, 0.3) is 0 Å². The molecular weight excluding hydrogens is 202 g/mol. The van der Waals surface area contributed by atoms with Crippen LogP contribution in [0.1, 0.15) is 19.8 Å². The van der Waals surface area contributed by atoms with Gasteiger partial charge in [0.15, 0.2) is 0 Å². The van der Waals surface area contributed by atoms with Crippen molar-refractivity contribution >= 4 is 0 Å². The smallest absolute Gasteiger partial charge is 0.0946 e. The number of nitrogens with one attached hydrogen (secondary N) is 1. The molecule has 2 rings (SSSR count). The summed E-state index contributed by atoms with van der Waals surface area (Å²) in [6.45, 7) is 6.19. The van der Waals surface area contributed by atoms with Gasteiger partial charge in [-0.2, -0.15) is 0 Å². The van der Waals surface area contributed by atoms with E-state index in [1.165, 1.54) is 12.8 Å². The number of ether oxygens (including phenoxy) is 1. The Hall–Kier alpha value is -0.870. The van der Waals surface area contributed by atoms with E-state index < -0.39 is 0 Å². The van der Waals surface area contributed by atoms with Gasteiger partial charge in [-0.05, 0) is 32.2 Å². The van der Waals surface area contributed by atoms with E-state index in [2.05, 4.69) is 21.8 Å². The first-order valence-corrected chi connectivity index (χ1v) is 6.11. The van der Waals surface area contributed by atoms with Crippen molar-refractivity contribution in [1.29, 1.82) is 0 Å². The number of rotatable bonds is 5. The van der Waals surface area contributed by atoms with Gasteiger partial charge in [0.2, 0.25) is 0 Å². The lowest BCUT2D eigenvalue weighted by Crippen LogP contribution is -2.35. The first-order valence-electron chi connectivity index (χ1n) is 6.11. The Kier molecular flexibility index (Phi) is 4.36. The van der Waals surface area contributed by atoms with E-state index in [-0.39, 0.29) is 0 Å². The minimum Gasteiger partial charge on any atom is -0.381 e. The van der Waals surface area contributed by atoms with Crippen LogP contribution in [-0.4, -0.2) is 35.4 Å². The average Bonchev–Trinajstić information content (AvgIpc) is 2.81. The first-order chi connectivity index (χ1) is 7.84. The monoisotopic (exact) mass is 223 g/mol. The third kappa shape index (κ3) is 3.61. The third-order valence-electron chi connectivity index (χ3n) is 3.14. The van der Waals surface area contributed by atoms with Crippen molar-refractivity contribution in [3.8, 4) is 0 Å². The molecule has 16 heavy (non-hydrogen) atoms. The lowest BCUT2D eigenvalue weighted by Gasteiger charge is -2.24. The van der Waals surface area contributed by atoms with Gasteiger partial charge in [-0.3, -0.25) is 0 Å². The number of aromatic nitrogens is 2. The SMILES string of the molecule is CC(Cn1ccnc1)NCC1CCOCC1. The molecule has 1 fully saturated rings. The molecule has 1 aromatic heterocycles. The van der Waals surface area contributed by atoms with E-state index in [4.69, 9.17) is 4.74 Å². The summed E-state index contributed by atoms with van der Waals surface area (Å²) >= 11 is 0. The van der Waals surface area contributed by atoms with Gasteiger partial charge < -0.3 is 14.6 Å². The Balaban J connectivity index is 1.65. The van der Waals surface area contributed by atoms with Crippen molar-refractivity contribution in [2.45, 2.75) is 32.4 Å². The fourth-order valence-electron chi connectivity index (χ4n) is 2.09. The molecule has 0 aromatic carbocycles. The van der Waals surface area contributed by atoms with Crippen molar-refractivity contribution in [3.05, 3.63) is 18.7 Å². The van der Waals surface area contributed by atoms with E-state index >= 15 is 0 Å². The summed E-state index contributed by atoms with van der Waals surface area (Å²) in [5.74, 6) is 0.791. The molecule has 1 atom stereocenters. The second-order valence-corrected chi connectivity index (χ2v) is 4.62. The zero-order valence-electron chi connectivity index (χ0n) is 9.93. The highest BCUT2D eigenvalue weighted by molar-refractivity contribution is 4.77. The van der Waals surface area contributed by atoms with Crippen molar-refractivity contribution in [3.63, 3.8) is 0 Å². The summed E-state index contributed by atoms with van der Waals surface area (Å²) < 4.78 is 7.46. The molecule has 1 saturated heterocycles. The summed E-state index contributed by atoms with van der Waals surface area (Å²) in [5, 5.41) is 3.59. The molecular formula is C12H21N3O. The van der Waals surface area contributed by atoms with Crippen LogP contribution >= 0.6 is 0 Å². The molecule has 1 N–H and O–H groups in total. The van der Waals surface area contributed by atoms with Gasteiger partial charge in [0.05, 0.1) is 6.33 Å². The van der Waals surface area contributed by atoms with Crippen LogP contribution < -0.4 is 5.32 Å². The van der Waals surface area contributed by atoms with Crippen LogP contribution in [0, 0.1) is 5.92 Å². The topological polar surface area (TPSA) is 39.1 Å². The Bertz CT molecular complexity index is 280. The maximum Gasteiger partial charge on any atom is 0.0946 e. The number of imidazole rings is 1. The van der Waals surface area contributed by atoms with Crippen molar-refractivity contribution < 1.29 is 4.74 Å². The lowest BCUT2D eigenvalue weighted by atomic mass is 10.0. The van der Waals surface area contributed by atoms with Crippen LogP contribution in [0.4, 0.5) is 0 Å². The van der Waals surface area contributed by atoms with E-state index in [0.717, 1.165) is 32.2 Å². The Labute approximate surface area is 97.0 Å². The summed E-state index contributed by atoms with van der Waals surface area (Å²) in [6.07, 6.45) is 8.10. The molecule has 0 radical (unpaired) electrons. The van der Waals surface area contributed by atoms with Gasteiger partial charge in [0, 0.05) is 38.2 Å². The van der Waals surface area contributed by atoms with Crippen LogP contribution in [0.3, 0.4) is 0 Å². The number of nitrogens with zero attached hydrogens (tertiary/aromatic N) is 2. The molecule has 0 aliphatic carbocycles. The molecule has 4 heteroatoms. The summed E-state index contributed by atoms with van der Waals surface area (Å²) in [7, 11) is 0. The molecule has 0 spiro atoms. The molecule has 4 nitrogen and oxygen atoms in total. The Morgan fingerprint density at radius 1 is 1.50 bits per heavy atom. The highest BCUT2D eigenvalue weighted by atomic mass is 16.5. The van der Waals surface area contributed by atoms with Crippen molar-refractivity contribution in [2.24, 2.45) is 5.92 Å². The van der Waals surface area contributed by atoms with E-state index in [9.17, 15) is 0 Å². The van der Waals surface area contributed by atoms with E-state index in [0.29, 0.717) is 6.04 Å². The van der Waals surface area contributed by atoms with Crippen LogP contribution in [-0.2, 0) is 11.3 Å². The van der Waals surface area contributed by atoms with Gasteiger partial charge >= 0.3 is 0 Å². The molecule has 0 saturated carbocycles. The third-order valence-corrected chi connectivity index (χ3v) is 3.14. The molecule has 2 heterocycles. The predicted octanol–water partition coefficient (Wildman–Crippen LogP) is 1.29.